The number of β-amino-alcohol motifs (C(OH)–C–C–N with tert-alkyl or cyclic N) is 1. The van der Waals surface area contributed by atoms with Crippen molar-refractivity contribution in [3.63, 3.8) is 0 Å². The predicted octanol–water partition coefficient (Wildman–Crippen LogP) is 2.89. The summed E-state index contributed by atoms with van der Waals surface area (Å²) in [6.45, 7) is 7.38. The number of piperidine rings is 1. The van der Waals surface area contributed by atoms with E-state index in [1.54, 1.807) is 12.1 Å². The van der Waals surface area contributed by atoms with Crippen LogP contribution in [0.3, 0.4) is 0 Å². The summed E-state index contributed by atoms with van der Waals surface area (Å²) < 4.78 is 0. The molecule has 0 spiro atoms. The van der Waals surface area contributed by atoms with Crippen LogP contribution in [0.2, 0.25) is 0 Å². The molecule has 0 bridgehead atoms. The van der Waals surface area contributed by atoms with E-state index in [0.29, 0.717) is 17.3 Å². The third kappa shape index (κ3) is 5.71. The molecule has 1 fully saturated rings. The average Bonchev–Trinajstić information content (AvgIpc) is 2.68. The lowest BCUT2D eigenvalue weighted by Gasteiger charge is -2.34. The molecule has 1 aromatic carbocycles. The molecule has 1 unspecified atom stereocenters. The van der Waals surface area contributed by atoms with Gasteiger partial charge in [-0.15, -0.1) is 0 Å². The maximum absolute atomic E-state index is 11.1. The Morgan fingerprint density at radius 1 is 1.31 bits per heavy atom. The monoisotopic (exact) mass is 399 g/mol. The predicted molar refractivity (Wildman–Crippen MR) is 113 cm³/mol. The van der Waals surface area contributed by atoms with Crippen LogP contribution >= 0.6 is 0 Å². The normalized spacial score (nSPS) is 16.6. The quantitative estimate of drug-likeness (QED) is 0.565. The molecule has 0 amide bonds. The van der Waals surface area contributed by atoms with Gasteiger partial charge in [0.2, 0.25) is 0 Å². The second-order valence-electron chi connectivity index (χ2n) is 7.97. The SMILES string of the molecule is Cc1cc(N(C)CC2CCN(CC(C)O)CC2)nc(-c2cccc([N+](=O)[O-])c2)n1. The van der Waals surface area contributed by atoms with Gasteiger partial charge in [0.15, 0.2) is 5.82 Å². The number of rotatable bonds is 7. The number of nitrogens with zero attached hydrogens (tertiary/aromatic N) is 5. The van der Waals surface area contributed by atoms with Crippen molar-refractivity contribution in [1.82, 2.24) is 14.9 Å². The highest BCUT2D eigenvalue weighted by molar-refractivity contribution is 5.61. The minimum atomic E-state index is -0.407. The van der Waals surface area contributed by atoms with Gasteiger partial charge in [-0.25, -0.2) is 9.97 Å². The van der Waals surface area contributed by atoms with Gasteiger partial charge in [-0.2, -0.15) is 0 Å². The maximum atomic E-state index is 11.1. The zero-order chi connectivity index (χ0) is 21.0. The van der Waals surface area contributed by atoms with E-state index in [9.17, 15) is 15.2 Å². The number of aliphatic hydroxyl groups is 1. The van der Waals surface area contributed by atoms with E-state index in [-0.39, 0.29) is 11.8 Å². The summed E-state index contributed by atoms with van der Waals surface area (Å²) in [4.78, 5) is 24.3. The standard InChI is InChI=1S/C21H29N5O3/c1-15-11-20(23-21(22-15)18-5-4-6-19(12-18)26(28)29)24(3)14-17-7-9-25(10-8-17)13-16(2)27/h4-6,11-12,16-17,27H,7-10,13-14H2,1-3H3. The molecule has 8 nitrogen and oxygen atoms in total. The van der Waals surface area contributed by atoms with Gasteiger partial charge in [0.05, 0.1) is 11.0 Å². The highest BCUT2D eigenvalue weighted by Gasteiger charge is 2.22. The molecule has 0 radical (unpaired) electrons. The number of aliphatic hydroxyl groups excluding tert-OH is 1. The van der Waals surface area contributed by atoms with E-state index in [1.807, 2.05) is 27.0 Å². The van der Waals surface area contributed by atoms with Gasteiger partial charge >= 0.3 is 0 Å². The van der Waals surface area contributed by atoms with Crippen molar-refractivity contribution in [3.05, 3.63) is 46.1 Å². The van der Waals surface area contributed by atoms with Gasteiger partial charge in [0.1, 0.15) is 5.82 Å². The molecule has 1 atom stereocenters. The maximum Gasteiger partial charge on any atom is 0.270 e. The number of nitro benzene ring substituents is 1. The number of benzene rings is 1. The van der Waals surface area contributed by atoms with E-state index < -0.39 is 4.92 Å². The molecular formula is C21H29N5O3. The highest BCUT2D eigenvalue weighted by Crippen LogP contribution is 2.25. The summed E-state index contributed by atoms with van der Waals surface area (Å²) in [5, 5.41) is 20.6. The van der Waals surface area contributed by atoms with E-state index in [2.05, 4.69) is 19.8 Å². The first kappa shape index (κ1) is 21.1. The van der Waals surface area contributed by atoms with Crippen LogP contribution in [-0.2, 0) is 0 Å². The fourth-order valence-corrected chi connectivity index (χ4v) is 3.84. The van der Waals surface area contributed by atoms with E-state index in [1.165, 1.54) is 12.1 Å². The van der Waals surface area contributed by atoms with Crippen LogP contribution in [0.15, 0.2) is 30.3 Å². The molecule has 8 heteroatoms. The smallest absolute Gasteiger partial charge is 0.270 e. The van der Waals surface area contributed by atoms with Gasteiger partial charge in [0.25, 0.3) is 5.69 Å². The van der Waals surface area contributed by atoms with Crippen LogP contribution in [-0.4, -0.2) is 64.2 Å². The molecule has 1 saturated heterocycles. The number of likely N-dealkylation sites (tertiary alicyclic amines) is 1. The fourth-order valence-electron chi connectivity index (χ4n) is 3.84. The molecule has 2 heterocycles. The van der Waals surface area contributed by atoms with Crippen molar-refractivity contribution < 1.29 is 10.0 Å². The first-order valence-corrected chi connectivity index (χ1v) is 10.0. The lowest BCUT2D eigenvalue weighted by atomic mass is 9.96. The molecule has 0 aliphatic carbocycles. The Kier molecular flexibility index (Phi) is 6.76. The van der Waals surface area contributed by atoms with Gasteiger partial charge in [-0.3, -0.25) is 10.1 Å². The average molecular weight is 399 g/mol. The Morgan fingerprint density at radius 2 is 2.03 bits per heavy atom. The van der Waals surface area contributed by atoms with E-state index in [0.717, 1.165) is 50.5 Å². The van der Waals surface area contributed by atoms with Crippen molar-refractivity contribution in [3.8, 4) is 11.4 Å². The Morgan fingerprint density at radius 3 is 2.69 bits per heavy atom. The second-order valence-corrected chi connectivity index (χ2v) is 7.97. The third-order valence-electron chi connectivity index (χ3n) is 5.31. The first-order valence-electron chi connectivity index (χ1n) is 10.0. The van der Waals surface area contributed by atoms with E-state index in [4.69, 9.17) is 0 Å². The molecule has 29 heavy (non-hydrogen) atoms. The molecule has 156 valence electrons. The van der Waals surface area contributed by atoms with Gasteiger partial charge in [-0.05, 0) is 45.7 Å². The number of non-ortho nitro benzene ring substituents is 1. The topological polar surface area (TPSA) is 95.6 Å². The lowest BCUT2D eigenvalue weighted by molar-refractivity contribution is -0.384. The fraction of sp³-hybridized carbons (Fsp3) is 0.524. The molecule has 3 rings (SSSR count). The molecule has 0 saturated carbocycles. The highest BCUT2D eigenvalue weighted by atomic mass is 16.6. The molecule has 1 aliphatic rings. The molecule has 1 N–H and O–H groups in total. The van der Waals surface area contributed by atoms with Crippen LogP contribution in [0, 0.1) is 23.0 Å². The number of nitro groups is 1. The Hall–Kier alpha value is -2.58. The minimum absolute atomic E-state index is 0.0338. The number of hydrogen-bond acceptors (Lipinski definition) is 7. The largest absolute Gasteiger partial charge is 0.392 e. The first-order chi connectivity index (χ1) is 13.8. The Balaban J connectivity index is 1.70. The summed E-state index contributed by atoms with van der Waals surface area (Å²) >= 11 is 0. The molecule has 1 aliphatic heterocycles. The van der Waals surface area contributed by atoms with Gasteiger partial charge in [0, 0.05) is 49.6 Å². The summed E-state index contributed by atoms with van der Waals surface area (Å²) in [5.41, 5.74) is 1.51. The molecule has 1 aromatic heterocycles. The van der Waals surface area contributed by atoms with Crippen molar-refractivity contribution in [2.75, 3.05) is 38.1 Å². The number of aromatic nitrogens is 2. The van der Waals surface area contributed by atoms with Crippen LogP contribution in [0.4, 0.5) is 11.5 Å². The van der Waals surface area contributed by atoms with E-state index >= 15 is 0 Å². The second kappa shape index (κ2) is 9.28. The van der Waals surface area contributed by atoms with Gasteiger partial charge < -0.3 is 14.9 Å². The van der Waals surface area contributed by atoms with Crippen molar-refractivity contribution in [1.29, 1.82) is 0 Å². The minimum Gasteiger partial charge on any atom is -0.392 e. The molecular weight excluding hydrogens is 370 g/mol. The van der Waals surface area contributed by atoms with Crippen molar-refractivity contribution in [2.24, 2.45) is 5.92 Å². The number of hydrogen-bond donors (Lipinski definition) is 1. The van der Waals surface area contributed by atoms with Crippen LogP contribution in [0.5, 0.6) is 0 Å². The zero-order valence-electron chi connectivity index (χ0n) is 17.3. The van der Waals surface area contributed by atoms with Crippen LogP contribution < -0.4 is 4.90 Å². The molecule has 2 aromatic rings. The van der Waals surface area contributed by atoms with Crippen molar-refractivity contribution in [2.45, 2.75) is 32.8 Å². The number of anilines is 1. The third-order valence-corrected chi connectivity index (χ3v) is 5.31. The van der Waals surface area contributed by atoms with Crippen molar-refractivity contribution >= 4 is 11.5 Å². The summed E-state index contributed by atoms with van der Waals surface area (Å²) in [5.74, 6) is 1.90. The van der Waals surface area contributed by atoms with Gasteiger partial charge in [-0.1, -0.05) is 12.1 Å². The summed E-state index contributed by atoms with van der Waals surface area (Å²) in [7, 11) is 2.03. The summed E-state index contributed by atoms with van der Waals surface area (Å²) in [6, 6.07) is 8.38. The Labute approximate surface area is 171 Å². The van der Waals surface area contributed by atoms with Crippen LogP contribution in [0.1, 0.15) is 25.5 Å². The Bertz CT molecular complexity index is 850. The lowest BCUT2D eigenvalue weighted by Crippen LogP contribution is -2.40. The van der Waals surface area contributed by atoms with Crippen LogP contribution in [0.25, 0.3) is 11.4 Å². The number of aryl methyl sites for hydroxylation is 1. The summed E-state index contributed by atoms with van der Waals surface area (Å²) in [6.07, 6.45) is 1.91. The zero-order valence-corrected chi connectivity index (χ0v) is 17.3.